The Morgan fingerprint density at radius 3 is 2.60 bits per heavy atom. The Hall–Kier alpha value is -4.31. The van der Waals surface area contributed by atoms with Crippen LogP contribution in [0.3, 0.4) is 0 Å². The molecule has 0 spiro atoms. The molecule has 2 amide bonds. The third-order valence-corrected chi connectivity index (χ3v) is 9.14. The van der Waals surface area contributed by atoms with Gasteiger partial charge in [0, 0.05) is 60.8 Å². The quantitative estimate of drug-likeness (QED) is 0.432. The number of anilines is 1. The molecule has 3 aromatic rings. The summed E-state index contributed by atoms with van der Waals surface area (Å²) in [5.74, 6) is 7.04. The number of fused-ring (bicyclic) bond motifs is 2. The molecule has 0 unspecified atom stereocenters. The minimum absolute atomic E-state index is 0.0263. The summed E-state index contributed by atoms with van der Waals surface area (Å²) in [5.41, 5.74) is 1.86. The van der Waals surface area contributed by atoms with E-state index in [1.807, 2.05) is 6.92 Å². The Morgan fingerprint density at radius 2 is 1.83 bits per heavy atom. The second-order valence-corrected chi connectivity index (χ2v) is 12.1. The van der Waals surface area contributed by atoms with Gasteiger partial charge in [-0.1, -0.05) is 18.8 Å². The maximum atomic E-state index is 13.7. The van der Waals surface area contributed by atoms with Crippen LogP contribution in [0.1, 0.15) is 25.0 Å². The highest BCUT2D eigenvalue weighted by atomic mass is 32.2. The number of pyridine rings is 1. The minimum atomic E-state index is -4.01. The summed E-state index contributed by atoms with van der Waals surface area (Å²) in [6.45, 7) is 3.55. The molecule has 0 fully saturated rings. The van der Waals surface area contributed by atoms with E-state index < -0.39 is 22.2 Å². The first kappa shape index (κ1) is 29.2. The monoisotopic (exact) mass is 592 g/mol. The number of carbonyl (C=O) groups excluding carboxylic acids is 1. The minimum Gasteiger partial charge on any atom is -0.487 e. The highest BCUT2D eigenvalue weighted by molar-refractivity contribution is 7.89. The molecule has 0 saturated heterocycles. The van der Waals surface area contributed by atoms with Gasteiger partial charge in [0.2, 0.25) is 16.8 Å². The van der Waals surface area contributed by atoms with E-state index in [9.17, 15) is 18.3 Å². The van der Waals surface area contributed by atoms with E-state index in [1.165, 1.54) is 15.3 Å². The van der Waals surface area contributed by atoms with E-state index in [0.29, 0.717) is 22.7 Å². The molecular weight excluding hydrogens is 560 g/mol. The first-order chi connectivity index (χ1) is 20.2. The highest BCUT2D eigenvalue weighted by Gasteiger charge is 2.38. The van der Waals surface area contributed by atoms with Crippen LogP contribution in [0.4, 0.5) is 10.5 Å². The average Bonchev–Trinajstić information content (AvgIpc) is 3.46. The summed E-state index contributed by atoms with van der Waals surface area (Å²) in [6.07, 6.45) is 2.70. The van der Waals surface area contributed by atoms with E-state index in [0.717, 1.165) is 5.56 Å². The van der Waals surface area contributed by atoms with Crippen LogP contribution in [0, 0.1) is 17.8 Å². The lowest BCUT2D eigenvalue weighted by Gasteiger charge is -2.37. The molecule has 0 saturated carbocycles. The van der Waals surface area contributed by atoms with Crippen LogP contribution in [-0.2, 0) is 10.0 Å². The molecule has 42 heavy (non-hydrogen) atoms. The van der Waals surface area contributed by atoms with Crippen molar-refractivity contribution < 1.29 is 32.5 Å². The predicted octanol–water partition coefficient (Wildman–Crippen LogP) is 3.14. The molecule has 3 atom stereocenters. The third kappa shape index (κ3) is 6.28. The Kier molecular flexibility index (Phi) is 8.54. The smallest absolute Gasteiger partial charge is 0.321 e. The van der Waals surface area contributed by atoms with Crippen molar-refractivity contribution in [2.75, 3.05) is 38.9 Å². The Balaban J connectivity index is 1.42. The lowest BCUT2D eigenvalue weighted by Crippen LogP contribution is -2.50. The van der Waals surface area contributed by atoms with Crippen molar-refractivity contribution in [2.45, 2.75) is 30.9 Å². The summed E-state index contributed by atoms with van der Waals surface area (Å²) < 4.78 is 45.8. The molecule has 5 rings (SSSR count). The third-order valence-electron chi connectivity index (χ3n) is 7.12. The molecular formula is C30H32N4O7S. The number of aliphatic hydroxyl groups is 1. The van der Waals surface area contributed by atoms with Crippen LogP contribution in [0.5, 0.6) is 17.2 Å². The van der Waals surface area contributed by atoms with Gasteiger partial charge >= 0.3 is 6.03 Å². The van der Waals surface area contributed by atoms with Crippen molar-refractivity contribution in [1.29, 1.82) is 0 Å². The van der Waals surface area contributed by atoms with Crippen LogP contribution in [0.15, 0.2) is 65.8 Å². The van der Waals surface area contributed by atoms with Crippen molar-refractivity contribution >= 4 is 21.7 Å². The van der Waals surface area contributed by atoms with E-state index >= 15 is 0 Å². The number of aliphatic hydroxyl groups excluding tert-OH is 1. The van der Waals surface area contributed by atoms with Crippen LogP contribution in [-0.4, -0.2) is 79.4 Å². The number of likely N-dealkylation sites (N-methyl/N-ethyl adjacent to an activating group) is 1. The van der Waals surface area contributed by atoms with Gasteiger partial charge in [-0.25, -0.2) is 13.2 Å². The molecule has 11 nitrogen and oxygen atoms in total. The van der Waals surface area contributed by atoms with Gasteiger partial charge in [-0.2, -0.15) is 4.31 Å². The number of sulfonamides is 1. The van der Waals surface area contributed by atoms with Gasteiger partial charge in [0.15, 0.2) is 11.5 Å². The molecule has 3 heterocycles. The summed E-state index contributed by atoms with van der Waals surface area (Å²) in [6, 6.07) is 12.3. The van der Waals surface area contributed by atoms with E-state index in [4.69, 9.17) is 14.2 Å². The standard InChI is InChI=1S/C30H32N4O7S/c1-20-16-34(21(2)18-35)42(37,38)29-9-6-23(5-4-22-10-12-31-13-11-22)14-27(29)41-28(20)17-33(3)30(36)32-24-7-8-25-26(15-24)40-19-39-25/h6-15,20-21,28,35H,16-19H2,1-3H3,(H,32,36)/t20-,21-,28+/m0/s1. The number of nitrogens with zero attached hydrogens (tertiary/aromatic N) is 3. The van der Waals surface area contributed by atoms with Gasteiger partial charge in [-0.15, -0.1) is 0 Å². The van der Waals surface area contributed by atoms with Crippen molar-refractivity contribution in [3.63, 3.8) is 0 Å². The fourth-order valence-electron chi connectivity index (χ4n) is 4.65. The molecule has 220 valence electrons. The van der Waals surface area contributed by atoms with Crippen LogP contribution >= 0.6 is 0 Å². The van der Waals surface area contributed by atoms with Crippen LogP contribution in [0.2, 0.25) is 0 Å². The van der Waals surface area contributed by atoms with Crippen LogP contribution < -0.4 is 19.5 Å². The number of urea groups is 1. The lowest BCUT2D eigenvalue weighted by atomic mass is 10.0. The highest BCUT2D eigenvalue weighted by Crippen LogP contribution is 2.35. The number of hydrogen-bond donors (Lipinski definition) is 2. The number of ether oxygens (including phenoxy) is 3. The fourth-order valence-corrected chi connectivity index (χ4v) is 6.47. The molecule has 0 bridgehead atoms. The lowest BCUT2D eigenvalue weighted by molar-refractivity contribution is 0.0830. The molecule has 0 aliphatic carbocycles. The van der Waals surface area contributed by atoms with Gasteiger partial charge in [0.25, 0.3) is 0 Å². The number of nitrogens with one attached hydrogen (secondary N) is 1. The SMILES string of the molecule is C[C@H]1CN([C@@H](C)CO)S(=O)(=O)c2ccc(C#Cc3ccncc3)cc2O[C@@H]1CN(C)C(=O)Nc1ccc2c(c1)OCO2. The zero-order valence-electron chi connectivity index (χ0n) is 23.5. The second kappa shape index (κ2) is 12.3. The second-order valence-electron chi connectivity index (χ2n) is 10.3. The average molecular weight is 593 g/mol. The van der Waals surface area contributed by atoms with Gasteiger partial charge in [-0.05, 0) is 49.4 Å². The maximum absolute atomic E-state index is 13.7. The number of benzene rings is 2. The van der Waals surface area contributed by atoms with Crippen LogP contribution in [0.25, 0.3) is 0 Å². The first-order valence-corrected chi connectivity index (χ1v) is 14.9. The van der Waals surface area contributed by atoms with E-state index in [1.54, 1.807) is 68.8 Å². The molecule has 12 heteroatoms. The summed E-state index contributed by atoms with van der Waals surface area (Å²) in [7, 11) is -2.37. The molecule has 2 N–H and O–H groups in total. The number of aromatic nitrogens is 1. The predicted molar refractivity (Wildman–Crippen MR) is 155 cm³/mol. The largest absolute Gasteiger partial charge is 0.487 e. The molecule has 2 aliphatic rings. The number of rotatable bonds is 5. The first-order valence-electron chi connectivity index (χ1n) is 13.4. The number of hydrogen-bond acceptors (Lipinski definition) is 8. The maximum Gasteiger partial charge on any atom is 0.321 e. The van der Waals surface area contributed by atoms with Crippen molar-refractivity contribution in [1.82, 2.24) is 14.2 Å². The van der Waals surface area contributed by atoms with Crippen molar-refractivity contribution in [2.24, 2.45) is 5.92 Å². The topological polar surface area (TPSA) is 131 Å². The normalized spacial score (nSPS) is 19.6. The summed E-state index contributed by atoms with van der Waals surface area (Å²) in [4.78, 5) is 18.6. The molecule has 2 aromatic carbocycles. The van der Waals surface area contributed by atoms with Gasteiger partial charge in [0.1, 0.15) is 16.7 Å². The van der Waals surface area contributed by atoms with E-state index in [2.05, 4.69) is 22.1 Å². The molecule has 0 radical (unpaired) electrons. The Bertz CT molecular complexity index is 1620. The van der Waals surface area contributed by atoms with Crippen molar-refractivity contribution in [3.8, 4) is 29.1 Å². The fraction of sp³-hybridized carbons (Fsp3) is 0.333. The van der Waals surface area contributed by atoms with Gasteiger partial charge < -0.3 is 29.5 Å². The molecule has 1 aromatic heterocycles. The summed E-state index contributed by atoms with van der Waals surface area (Å²) >= 11 is 0. The zero-order chi connectivity index (χ0) is 29.9. The zero-order valence-corrected chi connectivity index (χ0v) is 24.3. The number of carbonyl (C=O) groups is 1. The van der Waals surface area contributed by atoms with Gasteiger partial charge in [-0.3, -0.25) is 4.98 Å². The van der Waals surface area contributed by atoms with Crippen molar-refractivity contribution in [3.05, 3.63) is 72.1 Å². The molecule has 2 aliphatic heterocycles. The number of amides is 2. The van der Waals surface area contributed by atoms with E-state index in [-0.39, 0.29) is 49.1 Å². The Morgan fingerprint density at radius 1 is 1.10 bits per heavy atom. The Labute approximate surface area is 245 Å². The summed E-state index contributed by atoms with van der Waals surface area (Å²) in [5, 5.41) is 12.7. The van der Waals surface area contributed by atoms with Gasteiger partial charge in [0.05, 0.1) is 13.2 Å².